The van der Waals surface area contributed by atoms with E-state index in [0.29, 0.717) is 0 Å². The molecule has 2 aromatic rings. The molecule has 0 saturated carbocycles. The second-order valence-electron chi connectivity index (χ2n) is 4.73. The molecule has 0 unspecified atom stereocenters. The first-order valence-corrected chi connectivity index (χ1v) is 6.50. The van der Waals surface area contributed by atoms with E-state index in [0.717, 1.165) is 18.3 Å². The lowest BCUT2D eigenvalue weighted by Crippen LogP contribution is -2.16. The summed E-state index contributed by atoms with van der Waals surface area (Å²) < 4.78 is 91.5. The van der Waals surface area contributed by atoms with Gasteiger partial charge < -0.3 is 0 Å². The Hall–Kier alpha value is -3.18. The van der Waals surface area contributed by atoms with E-state index in [9.17, 15) is 40.8 Å². The fourth-order valence-corrected chi connectivity index (χ4v) is 1.87. The average Bonchev–Trinajstić information content (AvgIpc) is 2.55. The first-order valence-electron chi connectivity index (χ1n) is 6.50. The maximum Gasteiger partial charge on any atom is 0.422 e. The molecule has 5 nitrogen and oxygen atoms in total. The monoisotopic (exact) mass is 381 g/mol. The lowest BCUT2D eigenvalue weighted by Gasteiger charge is -2.13. The molecule has 0 aliphatic carbocycles. The first-order chi connectivity index (χ1) is 12.0. The van der Waals surface area contributed by atoms with Crippen molar-refractivity contribution in [1.82, 2.24) is 0 Å². The molecular formula is C14H6F7N3O2. The van der Waals surface area contributed by atoms with Crippen LogP contribution in [-0.4, -0.2) is 11.1 Å². The lowest BCUT2D eigenvalue weighted by molar-refractivity contribution is -0.384. The molecule has 0 fully saturated rings. The maximum atomic E-state index is 13.6. The molecule has 0 heterocycles. The predicted molar refractivity (Wildman–Crippen MR) is 75.6 cm³/mol. The number of rotatable bonds is 4. The molecule has 0 bridgehead atoms. The van der Waals surface area contributed by atoms with E-state index in [1.54, 1.807) is 5.43 Å². The number of non-ortho nitro benzene ring substituents is 1. The van der Waals surface area contributed by atoms with Crippen LogP contribution in [0.3, 0.4) is 0 Å². The van der Waals surface area contributed by atoms with Crippen LogP contribution in [0.2, 0.25) is 0 Å². The van der Waals surface area contributed by atoms with Crippen LogP contribution in [0.1, 0.15) is 11.1 Å². The quantitative estimate of drug-likeness (QED) is 0.276. The SMILES string of the molecule is O=[N+]([O-])c1cccc(C=NNc2c(F)c(F)c(C(F)(F)F)c(F)c2F)c1. The van der Waals surface area contributed by atoms with Gasteiger partial charge in [0.05, 0.1) is 11.1 Å². The Morgan fingerprint density at radius 1 is 1.04 bits per heavy atom. The minimum atomic E-state index is -5.65. The van der Waals surface area contributed by atoms with Gasteiger partial charge in [0.25, 0.3) is 5.69 Å². The van der Waals surface area contributed by atoms with Gasteiger partial charge in [0.1, 0.15) is 11.3 Å². The summed E-state index contributed by atoms with van der Waals surface area (Å²) in [5.74, 6) is -9.92. The van der Waals surface area contributed by atoms with Gasteiger partial charge in [-0.15, -0.1) is 0 Å². The highest BCUT2D eigenvalue weighted by Crippen LogP contribution is 2.38. The molecule has 0 aliphatic heterocycles. The molecular weight excluding hydrogens is 375 g/mol. The Kier molecular flexibility index (Phi) is 5.14. The summed E-state index contributed by atoms with van der Waals surface area (Å²) in [5.41, 5.74) is -3.02. The Balaban J connectivity index is 2.36. The number of anilines is 1. The Bertz CT molecular complexity index is 868. The summed E-state index contributed by atoms with van der Waals surface area (Å²) in [6.07, 6.45) is -4.85. The summed E-state index contributed by atoms with van der Waals surface area (Å²) >= 11 is 0. The molecule has 138 valence electrons. The number of nitrogens with zero attached hydrogens (tertiary/aromatic N) is 2. The Morgan fingerprint density at radius 3 is 2.12 bits per heavy atom. The summed E-state index contributed by atoms with van der Waals surface area (Å²) in [4.78, 5) is 9.87. The smallest absolute Gasteiger partial charge is 0.272 e. The molecule has 0 aromatic heterocycles. The van der Waals surface area contributed by atoms with E-state index in [1.807, 2.05) is 0 Å². The highest BCUT2D eigenvalue weighted by atomic mass is 19.4. The second kappa shape index (κ2) is 6.98. The fourth-order valence-electron chi connectivity index (χ4n) is 1.87. The van der Waals surface area contributed by atoms with Crippen molar-refractivity contribution in [3.63, 3.8) is 0 Å². The van der Waals surface area contributed by atoms with Gasteiger partial charge in [0.2, 0.25) is 0 Å². The molecule has 26 heavy (non-hydrogen) atoms. The maximum absolute atomic E-state index is 13.6. The molecule has 0 saturated heterocycles. The second-order valence-corrected chi connectivity index (χ2v) is 4.73. The van der Waals surface area contributed by atoms with E-state index in [4.69, 9.17) is 0 Å². The van der Waals surface area contributed by atoms with Crippen molar-refractivity contribution in [3.05, 3.63) is 68.8 Å². The number of hydrazone groups is 1. The number of hydrogen-bond donors (Lipinski definition) is 1. The number of nitro benzene ring substituents is 1. The number of halogens is 7. The van der Waals surface area contributed by atoms with Crippen LogP contribution in [-0.2, 0) is 6.18 Å². The van der Waals surface area contributed by atoms with Gasteiger partial charge in [-0.1, -0.05) is 12.1 Å². The van der Waals surface area contributed by atoms with Crippen molar-refractivity contribution in [2.75, 3.05) is 5.43 Å². The number of nitrogens with one attached hydrogen (secondary N) is 1. The van der Waals surface area contributed by atoms with Gasteiger partial charge in [0, 0.05) is 17.7 Å². The van der Waals surface area contributed by atoms with Crippen LogP contribution < -0.4 is 5.43 Å². The summed E-state index contributed by atoms with van der Waals surface area (Å²) in [6, 6.07) is 4.73. The van der Waals surface area contributed by atoms with Crippen LogP contribution in [0.25, 0.3) is 0 Å². The molecule has 2 rings (SSSR count). The van der Waals surface area contributed by atoms with Gasteiger partial charge in [-0.25, -0.2) is 17.6 Å². The van der Waals surface area contributed by atoms with Crippen molar-refractivity contribution in [1.29, 1.82) is 0 Å². The summed E-state index contributed by atoms with van der Waals surface area (Å²) in [6.45, 7) is 0. The van der Waals surface area contributed by atoms with Crippen molar-refractivity contribution in [3.8, 4) is 0 Å². The normalized spacial score (nSPS) is 11.8. The van der Waals surface area contributed by atoms with Crippen LogP contribution in [0.5, 0.6) is 0 Å². The Morgan fingerprint density at radius 2 is 1.62 bits per heavy atom. The topological polar surface area (TPSA) is 67.5 Å². The number of benzene rings is 2. The lowest BCUT2D eigenvalue weighted by atomic mass is 10.1. The third-order valence-electron chi connectivity index (χ3n) is 3.02. The molecule has 2 aromatic carbocycles. The van der Waals surface area contributed by atoms with Crippen molar-refractivity contribution >= 4 is 17.6 Å². The van der Waals surface area contributed by atoms with Crippen LogP contribution in [0.4, 0.5) is 42.1 Å². The molecule has 0 atom stereocenters. The minimum Gasteiger partial charge on any atom is -0.272 e. The fraction of sp³-hybridized carbons (Fsp3) is 0.0714. The molecule has 1 N–H and O–H groups in total. The summed E-state index contributed by atoms with van der Waals surface area (Å²) in [7, 11) is 0. The first kappa shape index (κ1) is 19.1. The Labute approximate surface area is 139 Å². The number of nitro groups is 1. The minimum absolute atomic E-state index is 0.0698. The molecule has 0 aliphatic rings. The van der Waals surface area contributed by atoms with Crippen LogP contribution in [0.15, 0.2) is 29.4 Å². The zero-order chi connectivity index (χ0) is 19.6. The van der Waals surface area contributed by atoms with Gasteiger partial charge >= 0.3 is 6.18 Å². The van der Waals surface area contributed by atoms with Crippen LogP contribution >= 0.6 is 0 Å². The average molecular weight is 381 g/mol. The summed E-state index contributed by atoms with van der Waals surface area (Å²) in [5, 5.41) is 13.8. The molecule has 0 spiro atoms. The standard InChI is InChI=1S/C14H6F7N3O2/c15-9-8(14(19,20)21)10(16)12(18)13(11(9)17)23-22-5-6-2-1-3-7(4-6)24(25)26/h1-5,23H. The van der Waals surface area contributed by atoms with Gasteiger partial charge in [-0.2, -0.15) is 18.3 Å². The molecule has 0 radical (unpaired) electrons. The predicted octanol–water partition coefficient (Wildman–Crippen LogP) is 4.62. The van der Waals surface area contributed by atoms with Gasteiger partial charge in [-0.05, 0) is 0 Å². The highest BCUT2D eigenvalue weighted by Gasteiger charge is 2.42. The molecule has 0 amide bonds. The van der Waals surface area contributed by atoms with E-state index in [2.05, 4.69) is 5.10 Å². The third kappa shape index (κ3) is 3.73. The van der Waals surface area contributed by atoms with Crippen molar-refractivity contribution < 1.29 is 35.7 Å². The zero-order valence-corrected chi connectivity index (χ0v) is 12.2. The van der Waals surface area contributed by atoms with E-state index >= 15 is 0 Å². The number of hydrogen-bond acceptors (Lipinski definition) is 4. The third-order valence-corrected chi connectivity index (χ3v) is 3.02. The van der Waals surface area contributed by atoms with E-state index in [1.165, 1.54) is 12.1 Å². The van der Waals surface area contributed by atoms with Crippen molar-refractivity contribution in [2.24, 2.45) is 5.10 Å². The van der Waals surface area contributed by atoms with Crippen molar-refractivity contribution in [2.45, 2.75) is 6.18 Å². The van der Waals surface area contributed by atoms with Crippen LogP contribution in [0, 0.1) is 33.4 Å². The highest BCUT2D eigenvalue weighted by molar-refractivity contribution is 5.81. The number of alkyl halides is 3. The van der Waals surface area contributed by atoms with E-state index in [-0.39, 0.29) is 11.3 Å². The van der Waals surface area contributed by atoms with Gasteiger partial charge in [0.15, 0.2) is 23.3 Å². The van der Waals surface area contributed by atoms with Gasteiger partial charge in [-0.3, -0.25) is 15.5 Å². The largest absolute Gasteiger partial charge is 0.422 e. The zero-order valence-electron chi connectivity index (χ0n) is 12.2. The molecule has 12 heteroatoms. The van der Waals surface area contributed by atoms with E-state index < -0.39 is 45.6 Å².